The number of aliphatic imine (C=N–C) groups is 1. The summed E-state index contributed by atoms with van der Waals surface area (Å²) in [5.74, 6) is -0.510. The van der Waals surface area contributed by atoms with Crippen LogP contribution in [-0.2, 0) is 23.1 Å². The topological polar surface area (TPSA) is 156 Å². The van der Waals surface area contributed by atoms with Gasteiger partial charge in [0.15, 0.2) is 5.96 Å². The predicted octanol–water partition coefficient (Wildman–Crippen LogP) is 2.93. The Balaban J connectivity index is 0.000000620. The Kier molecular flexibility index (Phi) is 12.2. The lowest BCUT2D eigenvalue weighted by molar-refractivity contribution is -0.134. The van der Waals surface area contributed by atoms with Crippen molar-refractivity contribution >= 4 is 35.5 Å². The molecule has 0 fully saturated rings. The van der Waals surface area contributed by atoms with E-state index in [1.165, 1.54) is 0 Å². The Hall–Kier alpha value is -3.55. The highest BCUT2D eigenvalue weighted by Gasteiger charge is 2.26. The molecule has 0 unspecified atom stereocenters. The second-order valence-electron chi connectivity index (χ2n) is 6.57. The zero-order chi connectivity index (χ0) is 25.6. The molecular weight excluding hydrogens is 477 g/mol. The number of hydrogen-bond acceptors (Lipinski definition) is 6. The van der Waals surface area contributed by atoms with Crippen LogP contribution in [0.4, 0.5) is 19.0 Å². The number of hydrogen-bond donors (Lipinski definition) is 4. The molecule has 0 saturated carbocycles. The summed E-state index contributed by atoms with van der Waals surface area (Å²) in [6.07, 6.45) is 3.40. The Morgan fingerprint density at radius 2 is 1.91 bits per heavy atom. The number of anilines is 1. The molecule has 2 aromatic heterocycles. The van der Waals surface area contributed by atoms with Crippen LogP contribution >= 0.6 is 11.8 Å². The molecule has 0 aliphatic carbocycles. The maximum atomic E-state index is 12.1. The molecular formula is C20H25F3N6O4S. The van der Waals surface area contributed by atoms with E-state index in [4.69, 9.17) is 15.9 Å². The quantitative estimate of drug-likeness (QED) is 0.126. The van der Waals surface area contributed by atoms with Gasteiger partial charge in [-0.05, 0) is 30.7 Å². The Morgan fingerprint density at radius 1 is 1.24 bits per heavy atom. The van der Waals surface area contributed by atoms with E-state index in [-0.39, 0.29) is 5.96 Å². The van der Waals surface area contributed by atoms with E-state index < -0.39 is 24.7 Å². The number of alkyl halides is 3. The molecule has 34 heavy (non-hydrogen) atoms. The zero-order valence-corrected chi connectivity index (χ0v) is 19.0. The molecule has 0 atom stereocenters. The van der Waals surface area contributed by atoms with E-state index in [0.29, 0.717) is 18.0 Å². The molecule has 0 amide bonds. The number of aliphatic carboxylic acids is 2. The van der Waals surface area contributed by atoms with Gasteiger partial charge in [-0.25, -0.2) is 24.5 Å². The maximum Gasteiger partial charge on any atom is 0.408 e. The number of carboxylic acids is 2. The summed E-state index contributed by atoms with van der Waals surface area (Å²) in [4.78, 5) is 30.9. The molecule has 2 heterocycles. The average Bonchev–Trinajstić information content (AvgIpc) is 3.15. The fourth-order valence-corrected chi connectivity index (χ4v) is 3.15. The summed E-state index contributed by atoms with van der Waals surface area (Å²) in [5.41, 5.74) is 5.45. The van der Waals surface area contributed by atoms with Gasteiger partial charge in [0.2, 0.25) is 0 Å². The van der Waals surface area contributed by atoms with Gasteiger partial charge < -0.3 is 25.8 Å². The number of halogens is 3. The normalized spacial score (nSPS) is 11.7. The first-order valence-electron chi connectivity index (χ1n) is 9.80. The third-order valence-corrected chi connectivity index (χ3v) is 4.76. The molecule has 2 aromatic rings. The summed E-state index contributed by atoms with van der Waals surface area (Å²) in [6.45, 7) is -1.32. The lowest BCUT2D eigenvalue weighted by Crippen LogP contribution is -2.26. The Labute approximate surface area is 197 Å². The van der Waals surface area contributed by atoms with Crippen molar-refractivity contribution in [2.45, 2.75) is 30.5 Å². The van der Waals surface area contributed by atoms with Gasteiger partial charge in [0.1, 0.15) is 18.2 Å². The van der Waals surface area contributed by atoms with Crippen LogP contribution in [0.25, 0.3) is 0 Å². The predicted molar refractivity (Wildman–Crippen MR) is 122 cm³/mol. The van der Waals surface area contributed by atoms with Crippen molar-refractivity contribution < 1.29 is 33.0 Å². The molecule has 0 aliphatic rings. The summed E-state index contributed by atoms with van der Waals surface area (Å²) in [7, 11) is 1.98. The van der Waals surface area contributed by atoms with Crippen LogP contribution in [0.1, 0.15) is 18.7 Å². The van der Waals surface area contributed by atoms with Crippen molar-refractivity contribution in [1.29, 1.82) is 0 Å². The number of rotatable bonds is 10. The molecule has 0 saturated heterocycles. The Morgan fingerprint density at radius 3 is 2.47 bits per heavy atom. The number of thioether (sulfide) groups is 1. The minimum Gasteiger partial charge on any atom is -0.478 e. The molecule has 10 nitrogen and oxygen atoms in total. The summed E-state index contributed by atoms with van der Waals surface area (Å²) in [6, 6.07) is 5.24. The second-order valence-corrected chi connectivity index (χ2v) is 7.69. The van der Waals surface area contributed by atoms with E-state index in [0.717, 1.165) is 35.9 Å². The van der Waals surface area contributed by atoms with Crippen molar-refractivity contribution in [2.75, 3.05) is 17.6 Å². The molecule has 2 rings (SSSR count). The fraction of sp³-hybridized carbons (Fsp3) is 0.350. The van der Waals surface area contributed by atoms with Gasteiger partial charge in [-0.3, -0.25) is 0 Å². The van der Waals surface area contributed by atoms with E-state index >= 15 is 0 Å². The zero-order valence-electron chi connectivity index (χ0n) is 18.2. The number of aromatic nitrogens is 3. The third-order valence-electron chi connectivity index (χ3n) is 3.74. The Bertz CT molecular complexity index is 979. The van der Waals surface area contributed by atoms with Crippen LogP contribution in [0.2, 0.25) is 0 Å². The number of imidazole rings is 1. The van der Waals surface area contributed by atoms with Gasteiger partial charge in [0, 0.05) is 38.0 Å². The van der Waals surface area contributed by atoms with Crippen molar-refractivity contribution in [3.8, 4) is 0 Å². The van der Waals surface area contributed by atoms with E-state index in [1.54, 1.807) is 30.1 Å². The number of pyridine rings is 1. The van der Waals surface area contributed by atoms with Gasteiger partial charge in [0.25, 0.3) is 0 Å². The van der Waals surface area contributed by atoms with Crippen molar-refractivity contribution in [3.63, 3.8) is 0 Å². The van der Waals surface area contributed by atoms with Crippen LogP contribution < -0.4 is 11.1 Å². The first kappa shape index (κ1) is 28.5. The SMILES string of the molecule is Cn1ccnc1CCCCSc1cccc(NC(N)=NCC(F)(F)F)n1.O=C(O)C=CC(=O)O. The standard InChI is InChI=1S/C16H21F3N6S.C4H4O4/c1-25-9-8-21-13(25)6-2-3-10-26-14-7-4-5-12(23-14)24-15(20)22-11-16(17,18)19;5-3(6)1-2-4(7)8/h4-5,7-9H,2-3,6,10-11H2,1H3,(H3,20,22,23,24);1-2H,(H,5,6)(H,7,8). The number of guanidine groups is 1. The van der Waals surface area contributed by atoms with Gasteiger partial charge in [0.05, 0.1) is 5.03 Å². The molecule has 186 valence electrons. The monoisotopic (exact) mass is 502 g/mol. The van der Waals surface area contributed by atoms with Crippen LogP contribution in [-0.4, -0.2) is 61.1 Å². The summed E-state index contributed by atoms with van der Waals surface area (Å²) < 4.78 is 38.4. The minimum atomic E-state index is -4.38. The average molecular weight is 503 g/mol. The molecule has 0 aromatic carbocycles. The maximum absolute atomic E-state index is 12.1. The number of unbranched alkanes of at least 4 members (excludes halogenated alkanes) is 1. The van der Waals surface area contributed by atoms with Gasteiger partial charge in [-0.2, -0.15) is 13.2 Å². The van der Waals surface area contributed by atoms with Gasteiger partial charge in [-0.15, -0.1) is 11.8 Å². The number of aryl methyl sites for hydroxylation is 2. The molecule has 0 radical (unpaired) electrons. The second kappa shape index (κ2) is 14.6. The van der Waals surface area contributed by atoms with Crippen molar-refractivity contribution in [1.82, 2.24) is 14.5 Å². The highest BCUT2D eigenvalue weighted by Crippen LogP contribution is 2.19. The smallest absolute Gasteiger partial charge is 0.408 e. The van der Waals surface area contributed by atoms with Crippen LogP contribution in [0, 0.1) is 0 Å². The lowest BCUT2D eigenvalue weighted by atomic mass is 10.2. The number of nitrogens with zero attached hydrogens (tertiary/aromatic N) is 4. The molecule has 5 N–H and O–H groups in total. The van der Waals surface area contributed by atoms with E-state index in [1.807, 2.05) is 23.9 Å². The minimum absolute atomic E-state index is 0.313. The van der Waals surface area contributed by atoms with Gasteiger partial charge >= 0.3 is 18.1 Å². The van der Waals surface area contributed by atoms with Crippen LogP contribution in [0.3, 0.4) is 0 Å². The highest BCUT2D eigenvalue weighted by molar-refractivity contribution is 7.99. The third kappa shape index (κ3) is 13.8. The van der Waals surface area contributed by atoms with Crippen LogP contribution in [0.5, 0.6) is 0 Å². The summed E-state index contributed by atoms with van der Waals surface area (Å²) >= 11 is 1.58. The fourth-order valence-electron chi connectivity index (χ4n) is 2.25. The molecule has 0 bridgehead atoms. The van der Waals surface area contributed by atoms with Crippen molar-refractivity contribution in [3.05, 3.63) is 48.6 Å². The van der Waals surface area contributed by atoms with E-state index in [9.17, 15) is 22.8 Å². The molecule has 0 aliphatic heterocycles. The molecule has 0 spiro atoms. The van der Waals surface area contributed by atoms with E-state index in [2.05, 4.69) is 20.3 Å². The first-order chi connectivity index (χ1) is 16.0. The first-order valence-corrected chi connectivity index (χ1v) is 10.8. The number of nitrogens with one attached hydrogen (secondary N) is 1. The number of nitrogens with two attached hydrogens (primary N) is 1. The molecule has 14 heteroatoms. The van der Waals surface area contributed by atoms with Crippen LogP contribution in [0.15, 0.2) is 52.8 Å². The lowest BCUT2D eigenvalue weighted by Gasteiger charge is -2.08. The highest BCUT2D eigenvalue weighted by atomic mass is 32.2. The largest absolute Gasteiger partial charge is 0.478 e. The summed E-state index contributed by atoms with van der Waals surface area (Å²) in [5, 5.41) is 19.0. The number of carbonyl (C=O) groups is 2. The number of carboxylic acid groups (broad SMARTS) is 2. The van der Waals surface area contributed by atoms with Gasteiger partial charge in [-0.1, -0.05) is 6.07 Å². The van der Waals surface area contributed by atoms with Crippen molar-refractivity contribution in [2.24, 2.45) is 17.8 Å².